The summed E-state index contributed by atoms with van der Waals surface area (Å²) >= 11 is 0. The lowest BCUT2D eigenvalue weighted by Gasteiger charge is -2.37. The van der Waals surface area contributed by atoms with Crippen LogP contribution in [0.15, 0.2) is 0 Å². The smallest absolute Gasteiger partial charge is 0.310 e. The molecular formula is C21H28O7. The molecule has 3 saturated carbocycles. The molecule has 154 valence electrons. The van der Waals surface area contributed by atoms with Crippen molar-refractivity contribution in [2.45, 2.75) is 94.1 Å². The van der Waals surface area contributed by atoms with Crippen LogP contribution in [0.5, 0.6) is 0 Å². The molecule has 10 atom stereocenters. The number of esters is 1. The zero-order chi connectivity index (χ0) is 19.0. The highest BCUT2D eigenvalue weighted by molar-refractivity contribution is 5.81. The highest BCUT2D eigenvalue weighted by Crippen LogP contribution is 2.48. The van der Waals surface area contributed by atoms with Crippen LogP contribution in [0, 0.1) is 23.7 Å². The summed E-state index contributed by atoms with van der Waals surface area (Å²) in [4.78, 5) is 24.9. The fraction of sp³-hybridized carbons (Fsp3) is 0.905. The summed E-state index contributed by atoms with van der Waals surface area (Å²) < 4.78 is 23.1. The van der Waals surface area contributed by atoms with Crippen molar-refractivity contribution in [2.75, 3.05) is 0 Å². The van der Waals surface area contributed by atoms with Gasteiger partial charge in [-0.3, -0.25) is 9.59 Å². The van der Waals surface area contributed by atoms with Gasteiger partial charge in [0.05, 0.1) is 48.5 Å². The summed E-state index contributed by atoms with van der Waals surface area (Å²) in [5, 5.41) is 9.61. The molecule has 0 aromatic carbocycles. The van der Waals surface area contributed by atoms with Crippen molar-refractivity contribution in [1.82, 2.24) is 0 Å². The first-order valence-corrected chi connectivity index (χ1v) is 11.0. The monoisotopic (exact) mass is 392 g/mol. The molecule has 7 nitrogen and oxygen atoms in total. The van der Waals surface area contributed by atoms with E-state index in [1.165, 1.54) is 0 Å². The van der Waals surface area contributed by atoms with E-state index < -0.39 is 17.8 Å². The number of carboxylic acids is 1. The minimum absolute atomic E-state index is 0.0190. The van der Waals surface area contributed by atoms with Crippen LogP contribution in [0.25, 0.3) is 0 Å². The third-order valence-corrected chi connectivity index (χ3v) is 8.04. The first-order chi connectivity index (χ1) is 13.6. The molecule has 6 rings (SSSR count). The summed E-state index contributed by atoms with van der Waals surface area (Å²) in [5.74, 6) is -1.91. The van der Waals surface area contributed by atoms with E-state index in [4.69, 9.17) is 18.9 Å². The minimum Gasteiger partial charge on any atom is -0.481 e. The van der Waals surface area contributed by atoms with Crippen molar-refractivity contribution in [3.63, 3.8) is 0 Å². The maximum absolute atomic E-state index is 13.2. The SMILES string of the molecule is O=C(O)C1CC2OC2CC1C(=O)OC(C1CCC2OC2C1)C1CCC2OC2C1. The van der Waals surface area contributed by atoms with Crippen LogP contribution < -0.4 is 0 Å². The van der Waals surface area contributed by atoms with Crippen molar-refractivity contribution in [1.29, 1.82) is 0 Å². The van der Waals surface area contributed by atoms with E-state index in [1.807, 2.05) is 0 Å². The molecule has 28 heavy (non-hydrogen) atoms. The van der Waals surface area contributed by atoms with Crippen molar-refractivity contribution in [3.8, 4) is 0 Å². The Morgan fingerprint density at radius 1 is 0.714 bits per heavy atom. The molecule has 0 radical (unpaired) electrons. The lowest BCUT2D eigenvalue weighted by atomic mass is 9.75. The zero-order valence-corrected chi connectivity index (χ0v) is 15.9. The molecule has 3 aliphatic carbocycles. The van der Waals surface area contributed by atoms with Crippen LogP contribution in [0.1, 0.15) is 51.4 Å². The van der Waals surface area contributed by atoms with Gasteiger partial charge >= 0.3 is 11.9 Å². The second kappa shape index (κ2) is 6.41. The maximum atomic E-state index is 13.2. The Bertz CT molecular complexity index is 652. The van der Waals surface area contributed by atoms with Gasteiger partial charge in [0.15, 0.2) is 0 Å². The number of fused-ring (bicyclic) bond motifs is 3. The first-order valence-electron chi connectivity index (χ1n) is 11.0. The van der Waals surface area contributed by atoms with Crippen LogP contribution in [-0.2, 0) is 28.5 Å². The summed E-state index contributed by atoms with van der Waals surface area (Å²) in [7, 11) is 0. The van der Waals surface area contributed by atoms with E-state index in [0.29, 0.717) is 49.1 Å². The Hall–Kier alpha value is -1.18. The summed E-state index contributed by atoms with van der Waals surface area (Å²) in [5.41, 5.74) is 0. The number of hydrogen-bond donors (Lipinski definition) is 1. The summed E-state index contributed by atoms with van der Waals surface area (Å²) in [6.45, 7) is 0. The largest absolute Gasteiger partial charge is 0.481 e. The second-order valence-corrected chi connectivity index (χ2v) is 9.71. The highest BCUT2D eigenvalue weighted by Gasteiger charge is 2.55. The molecule has 6 aliphatic rings. The van der Waals surface area contributed by atoms with Crippen molar-refractivity contribution >= 4 is 11.9 Å². The van der Waals surface area contributed by atoms with Crippen LogP contribution >= 0.6 is 0 Å². The lowest BCUT2D eigenvalue weighted by Crippen LogP contribution is -2.43. The van der Waals surface area contributed by atoms with Gasteiger partial charge in [-0.2, -0.15) is 0 Å². The van der Waals surface area contributed by atoms with Crippen molar-refractivity contribution in [2.24, 2.45) is 23.7 Å². The Morgan fingerprint density at radius 2 is 1.21 bits per heavy atom. The summed E-state index contributed by atoms with van der Waals surface area (Å²) in [6, 6.07) is 0. The quantitative estimate of drug-likeness (QED) is 0.563. The highest BCUT2D eigenvalue weighted by atomic mass is 16.6. The minimum atomic E-state index is -0.911. The molecule has 0 spiro atoms. The first kappa shape index (κ1) is 17.7. The second-order valence-electron chi connectivity index (χ2n) is 9.71. The van der Waals surface area contributed by atoms with E-state index in [9.17, 15) is 14.7 Å². The number of rotatable bonds is 5. The van der Waals surface area contributed by atoms with E-state index in [0.717, 1.165) is 38.5 Å². The van der Waals surface area contributed by atoms with E-state index in [2.05, 4.69) is 0 Å². The van der Waals surface area contributed by atoms with Gasteiger partial charge in [-0.05, 0) is 63.2 Å². The summed E-state index contributed by atoms with van der Waals surface area (Å²) in [6.07, 6.45) is 8.32. The molecular weight excluding hydrogens is 364 g/mol. The standard InChI is InChI=1S/C21H28O7/c22-20(23)11-7-17-18(27-17)8-12(11)21(24)28-19(9-1-3-13-15(5-9)25-13)10-2-4-14-16(6-10)26-14/h9-19H,1-8H2,(H,22,23). The lowest BCUT2D eigenvalue weighted by molar-refractivity contribution is -0.169. The van der Waals surface area contributed by atoms with E-state index in [1.54, 1.807) is 0 Å². The van der Waals surface area contributed by atoms with Gasteiger partial charge < -0.3 is 24.1 Å². The van der Waals surface area contributed by atoms with E-state index in [-0.39, 0.29) is 24.3 Å². The fourth-order valence-corrected chi connectivity index (χ4v) is 6.22. The molecule has 10 unspecified atom stereocenters. The van der Waals surface area contributed by atoms with Gasteiger partial charge in [-0.15, -0.1) is 0 Å². The number of aliphatic carboxylic acids is 1. The fourth-order valence-electron chi connectivity index (χ4n) is 6.22. The third-order valence-electron chi connectivity index (χ3n) is 8.04. The van der Waals surface area contributed by atoms with Gasteiger partial charge in [0.25, 0.3) is 0 Å². The third kappa shape index (κ3) is 3.15. The zero-order valence-electron chi connectivity index (χ0n) is 15.9. The predicted molar refractivity (Wildman–Crippen MR) is 94.4 cm³/mol. The van der Waals surface area contributed by atoms with Crippen LogP contribution in [0.3, 0.4) is 0 Å². The molecule has 3 heterocycles. The maximum Gasteiger partial charge on any atom is 0.310 e. The van der Waals surface area contributed by atoms with Crippen LogP contribution in [0.2, 0.25) is 0 Å². The molecule has 0 bridgehead atoms. The number of carbonyl (C=O) groups is 2. The molecule has 3 saturated heterocycles. The van der Waals surface area contributed by atoms with Gasteiger partial charge in [0, 0.05) is 0 Å². The number of carbonyl (C=O) groups excluding carboxylic acids is 1. The normalized spacial score (nSPS) is 51.7. The van der Waals surface area contributed by atoms with E-state index >= 15 is 0 Å². The predicted octanol–water partition coefficient (Wildman–Crippen LogP) is 1.91. The average molecular weight is 392 g/mol. The van der Waals surface area contributed by atoms with Crippen LogP contribution in [-0.4, -0.2) is 59.8 Å². The van der Waals surface area contributed by atoms with Gasteiger partial charge in [0.1, 0.15) is 6.10 Å². The van der Waals surface area contributed by atoms with Gasteiger partial charge in [-0.25, -0.2) is 0 Å². The number of carboxylic acid groups (broad SMARTS) is 1. The number of ether oxygens (including phenoxy) is 4. The Labute approximate surface area is 164 Å². The Balaban J connectivity index is 1.19. The van der Waals surface area contributed by atoms with Gasteiger partial charge in [-0.1, -0.05) is 0 Å². The molecule has 0 aromatic rings. The van der Waals surface area contributed by atoms with Crippen molar-refractivity contribution in [3.05, 3.63) is 0 Å². The topological polar surface area (TPSA) is 101 Å². The molecule has 0 aromatic heterocycles. The number of hydrogen-bond acceptors (Lipinski definition) is 6. The Kier molecular flexibility index (Phi) is 4.04. The van der Waals surface area contributed by atoms with Crippen LogP contribution in [0.4, 0.5) is 0 Å². The molecule has 1 N–H and O–H groups in total. The molecule has 3 aliphatic heterocycles. The Morgan fingerprint density at radius 3 is 1.75 bits per heavy atom. The molecule has 6 fully saturated rings. The molecule has 0 amide bonds. The van der Waals surface area contributed by atoms with Gasteiger partial charge in [0.2, 0.25) is 0 Å². The number of epoxide rings is 3. The molecule has 7 heteroatoms. The average Bonchev–Trinajstić information content (AvgIpc) is 3.58. The van der Waals surface area contributed by atoms with Crippen molar-refractivity contribution < 1.29 is 33.6 Å².